The van der Waals surface area contributed by atoms with Crippen LogP contribution < -0.4 is 5.32 Å². The van der Waals surface area contributed by atoms with Crippen LogP contribution in [0.1, 0.15) is 239 Å². The van der Waals surface area contributed by atoms with Gasteiger partial charge in [0.05, 0.1) is 25.6 Å². The van der Waals surface area contributed by atoms with Gasteiger partial charge in [-0.05, 0) is 25.7 Å². The molecule has 1 fully saturated rings. The highest BCUT2D eigenvalue weighted by atomic mass is 31.2. The maximum absolute atomic E-state index is 13.7. The van der Waals surface area contributed by atoms with Crippen molar-refractivity contribution in [1.82, 2.24) is 5.32 Å². The Morgan fingerprint density at radius 3 is 1.48 bits per heavy atom. The largest absolute Gasteiger partial charge is 0.470 e. The van der Waals surface area contributed by atoms with Gasteiger partial charge in [-0.2, -0.15) is 0 Å². The van der Waals surface area contributed by atoms with E-state index in [0.29, 0.717) is 25.7 Å². The summed E-state index contributed by atoms with van der Waals surface area (Å²) >= 11 is 0. The van der Waals surface area contributed by atoms with Crippen molar-refractivity contribution >= 4 is 25.7 Å². The van der Waals surface area contributed by atoms with Gasteiger partial charge in [-0.1, -0.05) is 194 Å². The van der Waals surface area contributed by atoms with E-state index < -0.39 is 75.1 Å². The first kappa shape index (κ1) is 59.4. The van der Waals surface area contributed by atoms with Crippen LogP contribution in [-0.4, -0.2) is 92.4 Å². The monoisotopic (exact) mass is 922 g/mol. The van der Waals surface area contributed by atoms with Crippen molar-refractivity contribution in [3.05, 3.63) is 0 Å². The van der Waals surface area contributed by atoms with E-state index in [1.807, 2.05) is 0 Å². The van der Waals surface area contributed by atoms with Gasteiger partial charge in [0.15, 0.2) is 12.4 Å². The van der Waals surface area contributed by atoms with E-state index >= 15 is 0 Å². The molecule has 1 heterocycles. The lowest BCUT2D eigenvalue weighted by Crippen LogP contribution is -2.65. The van der Waals surface area contributed by atoms with Gasteiger partial charge in [0.25, 0.3) is 0 Å². The zero-order chi connectivity index (χ0) is 46.6. The highest BCUT2D eigenvalue weighted by Gasteiger charge is 2.51. The number of hydrogen-bond acceptors (Lipinski definition) is 11. The molecule has 1 unspecified atom stereocenters. The molecule has 0 aromatic rings. The summed E-state index contributed by atoms with van der Waals surface area (Å²) in [5, 5.41) is 34.2. The van der Waals surface area contributed by atoms with Gasteiger partial charge in [-0.15, -0.1) is 0 Å². The number of carbonyl (C=O) groups excluding carboxylic acids is 3. The minimum Gasteiger partial charge on any atom is -0.462 e. The minimum absolute atomic E-state index is 0.210. The quantitative estimate of drug-likeness (QED) is 0.0191. The molecule has 1 amide bonds. The third kappa shape index (κ3) is 31.8. The van der Waals surface area contributed by atoms with E-state index in [0.717, 1.165) is 70.6 Å². The molecule has 63 heavy (non-hydrogen) atoms. The first-order valence-electron chi connectivity index (χ1n) is 25.4. The van der Waals surface area contributed by atoms with Gasteiger partial charge in [0, 0.05) is 6.42 Å². The van der Waals surface area contributed by atoms with Crippen molar-refractivity contribution in [1.29, 1.82) is 0 Å². The van der Waals surface area contributed by atoms with E-state index in [-0.39, 0.29) is 19.3 Å². The molecule has 0 spiro atoms. The van der Waals surface area contributed by atoms with Crippen LogP contribution in [0.3, 0.4) is 0 Å². The Morgan fingerprint density at radius 1 is 0.603 bits per heavy atom. The minimum atomic E-state index is -5.29. The predicted octanol–water partition coefficient (Wildman–Crippen LogP) is 10.2. The summed E-state index contributed by atoms with van der Waals surface area (Å²) in [7, 11) is -5.29. The molecule has 15 heteroatoms. The smallest absolute Gasteiger partial charge is 0.462 e. The number of aliphatic hydroxyl groups is 3. The molecule has 0 radical (unpaired) electrons. The number of ether oxygens (including phenoxy) is 3. The zero-order valence-corrected chi connectivity index (χ0v) is 40.6. The van der Waals surface area contributed by atoms with Crippen LogP contribution in [0, 0.1) is 0 Å². The summed E-state index contributed by atoms with van der Waals surface area (Å²) < 4.78 is 34.1. The molecule has 1 aliphatic heterocycles. The fourth-order valence-corrected chi connectivity index (χ4v) is 8.92. The number of aliphatic hydroxyl groups excluding tert-OH is 3. The lowest BCUT2D eigenvalue weighted by atomic mass is 9.96. The summed E-state index contributed by atoms with van der Waals surface area (Å²) in [6.45, 7) is 5.72. The van der Waals surface area contributed by atoms with E-state index in [1.165, 1.54) is 103 Å². The summed E-state index contributed by atoms with van der Waals surface area (Å²) in [5.74, 6) is -2.06. The summed E-state index contributed by atoms with van der Waals surface area (Å²) in [4.78, 5) is 59.5. The number of esters is 2. The van der Waals surface area contributed by atoms with Gasteiger partial charge >= 0.3 is 19.8 Å². The Bertz CT molecular complexity index is 1190. The van der Waals surface area contributed by atoms with E-state index in [4.69, 9.17) is 18.7 Å². The number of carbonyl (C=O) groups is 3. The fraction of sp³-hybridized carbons (Fsp3) is 0.938. The van der Waals surface area contributed by atoms with Gasteiger partial charge in [0.1, 0.15) is 24.4 Å². The Kier molecular flexibility index (Phi) is 36.3. The third-order valence-corrected chi connectivity index (χ3v) is 12.6. The SMILES string of the molecule is CCCCCCCCCCCCCC(=O)O[C@H](CCCCCCCCCCC)CC(=O)O[C@H]1[C@H](OP(=O)(O)O)[C@@H](CO)OC(O)[C@@H]1NC(=O)C[C@H](O)CCCCCCCCCCC. The van der Waals surface area contributed by atoms with E-state index in [9.17, 15) is 44.1 Å². The Hall–Kier alpha value is -1.64. The normalized spacial score (nSPS) is 20.0. The Balaban J connectivity index is 2.94. The molecule has 372 valence electrons. The van der Waals surface area contributed by atoms with Crippen molar-refractivity contribution in [2.75, 3.05) is 6.61 Å². The van der Waals surface area contributed by atoms with Crippen LogP contribution >= 0.6 is 7.82 Å². The molecule has 1 saturated heterocycles. The second-order valence-electron chi connectivity index (χ2n) is 18.0. The van der Waals surface area contributed by atoms with E-state index in [2.05, 4.69) is 26.1 Å². The summed E-state index contributed by atoms with van der Waals surface area (Å²) in [6.07, 6.45) is 23.6. The molecule has 6 N–H and O–H groups in total. The second-order valence-corrected chi connectivity index (χ2v) is 19.2. The number of rotatable bonds is 42. The number of nitrogens with one attached hydrogen (secondary N) is 1. The average Bonchev–Trinajstić information content (AvgIpc) is 3.23. The highest BCUT2D eigenvalue weighted by Crippen LogP contribution is 2.42. The van der Waals surface area contributed by atoms with E-state index in [1.54, 1.807) is 0 Å². The third-order valence-electron chi connectivity index (χ3n) is 12.1. The molecular formula is C48H92NO13P. The Labute approximate surface area is 381 Å². The number of amides is 1. The molecule has 0 aliphatic carbocycles. The van der Waals surface area contributed by atoms with Crippen molar-refractivity contribution in [3.8, 4) is 0 Å². The molecule has 1 aliphatic rings. The van der Waals surface area contributed by atoms with Crippen LogP contribution in [0.4, 0.5) is 0 Å². The maximum Gasteiger partial charge on any atom is 0.470 e. The van der Waals surface area contributed by atoms with Crippen LogP contribution in [-0.2, 0) is 37.7 Å². The van der Waals surface area contributed by atoms with Gasteiger partial charge in [-0.25, -0.2) is 4.57 Å². The van der Waals surface area contributed by atoms with Gasteiger partial charge in [-0.3, -0.25) is 18.9 Å². The number of hydrogen-bond donors (Lipinski definition) is 6. The number of unbranched alkanes of at least 4 members (excludes halogenated alkanes) is 26. The molecule has 0 saturated carbocycles. The molecule has 0 bridgehead atoms. The lowest BCUT2D eigenvalue weighted by Gasteiger charge is -2.43. The standard InChI is InChI=1S/C48H92NO13P/c1-4-7-10-13-16-19-20-23-26-29-32-35-43(53)59-40(34-31-28-25-22-18-15-12-9-6-3)37-44(54)61-47-45(48(55)60-41(38-50)46(47)62-63(56,57)58)49-42(52)36-39(51)33-30-27-24-21-17-14-11-8-5-2/h39-41,45-48,50-51,55H,4-38H2,1-3H3,(H,49,52)(H2,56,57,58)/t39-,40-,41-,45-,46-,47-,48?/m1/s1. The maximum atomic E-state index is 13.7. The lowest BCUT2D eigenvalue weighted by molar-refractivity contribution is -0.256. The van der Waals surface area contributed by atoms with Crippen LogP contribution in [0.5, 0.6) is 0 Å². The van der Waals surface area contributed by atoms with Crippen molar-refractivity contribution in [3.63, 3.8) is 0 Å². The van der Waals surface area contributed by atoms with Gasteiger partial charge < -0.3 is 44.6 Å². The Morgan fingerprint density at radius 2 is 1.03 bits per heavy atom. The molecule has 1 rings (SSSR count). The topological polar surface area (TPSA) is 218 Å². The summed E-state index contributed by atoms with van der Waals surface area (Å²) in [5.41, 5.74) is 0. The van der Waals surface area contributed by atoms with Crippen molar-refractivity contribution in [2.24, 2.45) is 0 Å². The van der Waals surface area contributed by atoms with Crippen molar-refractivity contribution < 1.29 is 62.8 Å². The first-order chi connectivity index (χ1) is 30.3. The molecule has 0 aromatic heterocycles. The van der Waals surface area contributed by atoms with Crippen molar-refractivity contribution in [2.45, 2.75) is 282 Å². The first-order valence-corrected chi connectivity index (χ1v) is 26.9. The molecule has 7 atom stereocenters. The molecule has 14 nitrogen and oxygen atoms in total. The predicted molar refractivity (Wildman–Crippen MR) is 247 cm³/mol. The van der Waals surface area contributed by atoms with Crippen LogP contribution in [0.15, 0.2) is 0 Å². The second kappa shape index (κ2) is 38.5. The van der Waals surface area contributed by atoms with Gasteiger partial charge in [0.2, 0.25) is 5.91 Å². The molecular weight excluding hydrogens is 829 g/mol. The van der Waals surface area contributed by atoms with Crippen LogP contribution in [0.25, 0.3) is 0 Å². The van der Waals surface area contributed by atoms with Crippen LogP contribution in [0.2, 0.25) is 0 Å². The molecule has 0 aromatic carbocycles. The average molecular weight is 922 g/mol. The highest BCUT2D eigenvalue weighted by molar-refractivity contribution is 7.46. The summed E-state index contributed by atoms with van der Waals surface area (Å²) in [6, 6.07) is -1.58. The number of phosphoric acid groups is 1. The zero-order valence-electron chi connectivity index (χ0n) is 39.7. The fourth-order valence-electron chi connectivity index (χ4n) is 8.35. The number of phosphoric ester groups is 1.